The Hall–Kier alpha value is -1.20. The van der Waals surface area contributed by atoms with Gasteiger partial charge in [-0.3, -0.25) is 4.98 Å². The van der Waals surface area contributed by atoms with Gasteiger partial charge in [0.2, 0.25) is 0 Å². The zero-order valence-corrected chi connectivity index (χ0v) is 12.3. The van der Waals surface area contributed by atoms with Gasteiger partial charge in [0.15, 0.2) is 0 Å². The van der Waals surface area contributed by atoms with Gasteiger partial charge in [-0.25, -0.2) is 4.98 Å². The van der Waals surface area contributed by atoms with Crippen molar-refractivity contribution < 1.29 is 5.11 Å². The molecule has 1 N–H and O–H groups in total. The van der Waals surface area contributed by atoms with Crippen molar-refractivity contribution in [2.45, 2.75) is 32.3 Å². The van der Waals surface area contributed by atoms with E-state index in [9.17, 15) is 5.11 Å². The van der Waals surface area contributed by atoms with Crippen molar-refractivity contribution in [3.05, 3.63) is 17.6 Å². The van der Waals surface area contributed by atoms with Crippen LogP contribution in [-0.4, -0.2) is 59.3 Å². The largest absolute Gasteiger partial charge is 0.387 e. The lowest BCUT2D eigenvalue weighted by Gasteiger charge is -2.41. The van der Waals surface area contributed by atoms with Crippen LogP contribution in [-0.2, 0) is 0 Å². The maximum absolute atomic E-state index is 10.7. The minimum atomic E-state index is -0.653. The lowest BCUT2D eigenvalue weighted by Crippen LogP contribution is -2.53. The van der Waals surface area contributed by atoms with Gasteiger partial charge in [0.25, 0.3) is 0 Å². The molecule has 1 aliphatic rings. The topological polar surface area (TPSA) is 52.5 Å². The second-order valence-electron chi connectivity index (χ2n) is 5.91. The Bertz CT molecular complexity index is 449. The molecule has 0 saturated carbocycles. The van der Waals surface area contributed by atoms with E-state index in [0.717, 1.165) is 36.6 Å². The lowest BCUT2D eigenvalue weighted by molar-refractivity contribution is 0.00348. The molecule has 19 heavy (non-hydrogen) atoms. The SMILES string of the molecule is Cc1cnc(C)c(N2CCCC(O)(CN(C)C)C2)n1. The molecule has 1 aliphatic heterocycles. The van der Waals surface area contributed by atoms with Gasteiger partial charge in [0, 0.05) is 25.8 Å². The molecular formula is C14H24N4O. The quantitative estimate of drug-likeness (QED) is 0.882. The van der Waals surface area contributed by atoms with E-state index in [1.807, 2.05) is 32.8 Å². The third kappa shape index (κ3) is 3.42. The highest BCUT2D eigenvalue weighted by Gasteiger charge is 2.34. The van der Waals surface area contributed by atoms with Crippen molar-refractivity contribution in [2.24, 2.45) is 0 Å². The van der Waals surface area contributed by atoms with E-state index in [4.69, 9.17) is 0 Å². The molecule has 1 fully saturated rings. The first-order valence-corrected chi connectivity index (χ1v) is 6.82. The van der Waals surface area contributed by atoms with Crippen LogP contribution < -0.4 is 4.90 Å². The van der Waals surface area contributed by atoms with Crippen LogP contribution in [0.4, 0.5) is 5.82 Å². The molecule has 0 aromatic carbocycles. The van der Waals surface area contributed by atoms with E-state index in [1.165, 1.54) is 0 Å². The number of anilines is 1. The average Bonchev–Trinajstić information content (AvgIpc) is 2.30. The zero-order valence-electron chi connectivity index (χ0n) is 12.3. The van der Waals surface area contributed by atoms with Crippen molar-refractivity contribution in [3.8, 4) is 0 Å². The highest BCUT2D eigenvalue weighted by molar-refractivity contribution is 5.44. The predicted octanol–water partition coefficient (Wildman–Crippen LogP) is 0.986. The summed E-state index contributed by atoms with van der Waals surface area (Å²) in [6.45, 7) is 6.17. The van der Waals surface area contributed by atoms with Gasteiger partial charge < -0.3 is 14.9 Å². The fourth-order valence-corrected chi connectivity index (χ4v) is 2.84. The summed E-state index contributed by atoms with van der Waals surface area (Å²) in [6, 6.07) is 0. The van der Waals surface area contributed by atoms with Gasteiger partial charge in [0.05, 0.1) is 17.0 Å². The Labute approximate surface area is 115 Å². The zero-order chi connectivity index (χ0) is 14.0. The number of aromatic nitrogens is 2. The second-order valence-corrected chi connectivity index (χ2v) is 5.91. The number of hydrogen-bond acceptors (Lipinski definition) is 5. The van der Waals surface area contributed by atoms with Gasteiger partial charge in [0.1, 0.15) is 5.82 Å². The number of nitrogens with zero attached hydrogens (tertiary/aromatic N) is 4. The lowest BCUT2D eigenvalue weighted by atomic mass is 9.92. The Morgan fingerprint density at radius 1 is 1.42 bits per heavy atom. The molecular weight excluding hydrogens is 240 g/mol. The Balaban J connectivity index is 2.19. The van der Waals surface area contributed by atoms with Crippen molar-refractivity contribution in [1.82, 2.24) is 14.9 Å². The summed E-state index contributed by atoms with van der Waals surface area (Å²) in [7, 11) is 3.99. The molecule has 1 saturated heterocycles. The van der Waals surface area contributed by atoms with Crippen LogP contribution in [0, 0.1) is 13.8 Å². The number of aryl methyl sites for hydroxylation is 2. The van der Waals surface area contributed by atoms with Crippen molar-refractivity contribution in [2.75, 3.05) is 38.6 Å². The molecule has 1 aromatic rings. The number of likely N-dealkylation sites (N-methyl/N-ethyl adjacent to an activating group) is 1. The highest BCUT2D eigenvalue weighted by atomic mass is 16.3. The maximum Gasteiger partial charge on any atom is 0.150 e. The molecule has 0 bridgehead atoms. The van der Waals surface area contributed by atoms with Crippen LogP contribution in [0.15, 0.2) is 6.20 Å². The Morgan fingerprint density at radius 2 is 2.16 bits per heavy atom. The van der Waals surface area contributed by atoms with Gasteiger partial charge in [-0.15, -0.1) is 0 Å². The van der Waals surface area contributed by atoms with Crippen LogP contribution >= 0.6 is 0 Å². The van der Waals surface area contributed by atoms with Crippen LogP contribution in [0.3, 0.4) is 0 Å². The maximum atomic E-state index is 10.7. The molecule has 0 aliphatic carbocycles. The molecule has 106 valence electrons. The number of β-amino-alcohol motifs (C(OH)–C–C–N with tert-alkyl or cyclic N) is 1. The minimum Gasteiger partial charge on any atom is -0.387 e. The summed E-state index contributed by atoms with van der Waals surface area (Å²) in [5, 5.41) is 10.7. The average molecular weight is 264 g/mol. The fraction of sp³-hybridized carbons (Fsp3) is 0.714. The Kier molecular flexibility index (Phi) is 4.06. The first-order chi connectivity index (χ1) is 8.89. The molecule has 1 atom stereocenters. The summed E-state index contributed by atoms with van der Waals surface area (Å²) in [5.41, 5.74) is 1.20. The monoisotopic (exact) mass is 264 g/mol. The van der Waals surface area contributed by atoms with E-state index in [-0.39, 0.29) is 0 Å². The smallest absolute Gasteiger partial charge is 0.150 e. The van der Waals surface area contributed by atoms with Gasteiger partial charge in [-0.2, -0.15) is 0 Å². The molecule has 0 radical (unpaired) electrons. The first-order valence-electron chi connectivity index (χ1n) is 6.82. The molecule has 2 rings (SSSR count). The van der Waals surface area contributed by atoms with Gasteiger partial charge in [-0.1, -0.05) is 0 Å². The summed E-state index contributed by atoms with van der Waals surface area (Å²) in [5.74, 6) is 0.914. The third-order valence-corrected chi connectivity index (χ3v) is 3.52. The molecule has 1 aromatic heterocycles. The summed E-state index contributed by atoms with van der Waals surface area (Å²) in [4.78, 5) is 13.2. The normalized spacial score (nSPS) is 24.0. The standard InChI is InChI=1S/C14H24N4O/c1-11-8-15-12(2)13(16-11)18-7-5-6-14(19,10-18)9-17(3)4/h8,19H,5-7,9-10H2,1-4H3. The summed E-state index contributed by atoms with van der Waals surface area (Å²) < 4.78 is 0. The molecule has 5 heteroatoms. The predicted molar refractivity (Wildman–Crippen MR) is 76.5 cm³/mol. The molecule has 5 nitrogen and oxygen atoms in total. The van der Waals surface area contributed by atoms with Crippen LogP contribution in [0.2, 0.25) is 0 Å². The number of aliphatic hydroxyl groups is 1. The van der Waals surface area contributed by atoms with Gasteiger partial charge in [-0.05, 0) is 40.8 Å². The van der Waals surface area contributed by atoms with E-state index in [1.54, 1.807) is 6.20 Å². The minimum absolute atomic E-state index is 0.629. The van der Waals surface area contributed by atoms with Crippen LogP contribution in [0.25, 0.3) is 0 Å². The van der Waals surface area contributed by atoms with Crippen LogP contribution in [0.5, 0.6) is 0 Å². The Morgan fingerprint density at radius 3 is 2.84 bits per heavy atom. The molecule has 0 amide bonds. The van der Waals surface area contributed by atoms with E-state index in [0.29, 0.717) is 13.1 Å². The third-order valence-electron chi connectivity index (χ3n) is 3.52. The van der Waals surface area contributed by atoms with Gasteiger partial charge >= 0.3 is 0 Å². The van der Waals surface area contributed by atoms with Crippen molar-refractivity contribution >= 4 is 5.82 Å². The van der Waals surface area contributed by atoms with E-state index >= 15 is 0 Å². The molecule has 0 spiro atoms. The highest BCUT2D eigenvalue weighted by Crippen LogP contribution is 2.26. The fourth-order valence-electron chi connectivity index (χ4n) is 2.84. The number of hydrogen-bond donors (Lipinski definition) is 1. The molecule has 1 unspecified atom stereocenters. The van der Waals surface area contributed by atoms with Crippen molar-refractivity contribution in [1.29, 1.82) is 0 Å². The summed E-state index contributed by atoms with van der Waals surface area (Å²) in [6.07, 6.45) is 3.62. The van der Waals surface area contributed by atoms with Crippen molar-refractivity contribution in [3.63, 3.8) is 0 Å². The first kappa shape index (κ1) is 14.2. The van der Waals surface area contributed by atoms with E-state index < -0.39 is 5.60 Å². The second kappa shape index (κ2) is 5.43. The van der Waals surface area contributed by atoms with E-state index in [2.05, 4.69) is 14.9 Å². The number of rotatable bonds is 3. The molecule has 2 heterocycles. The summed E-state index contributed by atoms with van der Waals surface area (Å²) >= 11 is 0. The van der Waals surface area contributed by atoms with Crippen LogP contribution in [0.1, 0.15) is 24.2 Å². The number of piperidine rings is 1.